The van der Waals surface area contributed by atoms with Crippen molar-refractivity contribution in [3.63, 3.8) is 0 Å². The first-order valence-electron chi connectivity index (χ1n) is 9.13. The number of fused-ring (bicyclic) bond motifs is 2. The minimum atomic E-state index is 0. The van der Waals surface area contributed by atoms with Crippen molar-refractivity contribution < 1.29 is 9.53 Å². The van der Waals surface area contributed by atoms with E-state index in [0.717, 1.165) is 29.7 Å². The predicted octanol–water partition coefficient (Wildman–Crippen LogP) is 3.54. The van der Waals surface area contributed by atoms with Crippen molar-refractivity contribution >= 4 is 18.3 Å². The Morgan fingerprint density at radius 3 is 2.48 bits per heavy atom. The number of hydrogen-bond donors (Lipinski definition) is 1. The highest BCUT2D eigenvalue weighted by atomic mass is 35.5. The minimum absolute atomic E-state index is 0. The minimum Gasteiger partial charge on any atom is -0.496 e. The van der Waals surface area contributed by atoms with Gasteiger partial charge in [-0.15, -0.1) is 12.4 Å². The van der Waals surface area contributed by atoms with Gasteiger partial charge in [0.2, 0.25) is 5.91 Å². The molecule has 2 saturated carbocycles. The van der Waals surface area contributed by atoms with E-state index in [1.807, 2.05) is 31.0 Å². The molecule has 1 amide bonds. The van der Waals surface area contributed by atoms with Gasteiger partial charge in [0.15, 0.2) is 0 Å². The SMILES string of the molecule is COc1ccc(CN(C)C(=O)C2CC3CCCC(C2)C3N)cc1C.Cl. The van der Waals surface area contributed by atoms with Crippen LogP contribution in [0.3, 0.4) is 0 Å². The number of halogens is 1. The zero-order chi connectivity index (χ0) is 17.3. The zero-order valence-electron chi connectivity index (χ0n) is 15.5. The molecule has 0 saturated heterocycles. The van der Waals surface area contributed by atoms with Crippen LogP contribution < -0.4 is 10.5 Å². The lowest BCUT2D eigenvalue weighted by atomic mass is 9.65. The highest BCUT2D eigenvalue weighted by Gasteiger charge is 2.41. The first-order chi connectivity index (χ1) is 11.5. The van der Waals surface area contributed by atoms with E-state index >= 15 is 0 Å². The van der Waals surface area contributed by atoms with Gasteiger partial charge in [0.1, 0.15) is 5.75 Å². The second-order valence-corrected chi connectivity index (χ2v) is 7.70. The molecule has 25 heavy (non-hydrogen) atoms. The Kier molecular flexibility index (Phi) is 6.75. The number of amides is 1. The summed E-state index contributed by atoms with van der Waals surface area (Å²) in [6, 6.07) is 6.44. The average molecular weight is 367 g/mol. The summed E-state index contributed by atoms with van der Waals surface area (Å²) in [6.45, 7) is 2.69. The predicted molar refractivity (Wildman–Crippen MR) is 103 cm³/mol. The molecule has 2 fully saturated rings. The van der Waals surface area contributed by atoms with Crippen LogP contribution in [0.15, 0.2) is 18.2 Å². The fourth-order valence-corrected chi connectivity index (χ4v) is 4.69. The van der Waals surface area contributed by atoms with Gasteiger partial charge in [0.25, 0.3) is 0 Å². The Balaban J connectivity index is 0.00000225. The number of hydrogen-bond acceptors (Lipinski definition) is 3. The summed E-state index contributed by atoms with van der Waals surface area (Å²) in [5, 5.41) is 0. The number of carbonyl (C=O) groups is 1. The number of rotatable bonds is 4. The number of carbonyl (C=O) groups excluding carboxylic acids is 1. The van der Waals surface area contributed by atoms with E-state index in [0.29, 0.717) is 24.4 Å². The third kappa shape index (κ3) is 4.29. The van der Waals surface area contributed by atoms with Crippen molar-refractivity contribution in [2.24, 2.45) is 23.5 Å². The van der Waals surface area contributed by atoms with Crippen LogP contribution >= 0.6 is 12.4 Å². The third-order valence-electron chi connectivity index (χ3n) is 6.02. The Labute approximate surface area is 157 Å². The molecule has 140 valence electrons. The van der Waals surface area contributed by atoms with E-state index < -0.39 is 0 Å². The highest BCUT2D eigenvalue weighted by molar-refractivity contribution is 5.85. The number of benzene rings is 1. The number of ether oxygens (including phenoxy) is 1. The topological polar surface area (TPSA) is 55.6 Å². The van der Waals surface area contributed by atoms with E-state index in [9.17, 15) is 4.79 Å². The van der Waals surface area contributed by atoms with Crippen LogP contribution in [0, 0.1) is 24.7 Å². The molecule has 1 aromatic rings. The fourth-order valence-electron chi connectivity index (χ4n) is 4.69. The number of nitrogens with zero attached hydrogens (tertiary/aromatic N) is 1. The molecule has 3 rings (SSSR count). The Bertz CT molecular complexity index is 593. The Morgan fingerprint density at radius 2 is 1.92 bits per heavy atom. The molecular formula is C20H31ClN2O2. The second-order valence-electron chi connectivity index (χ2n) is 7.70. The molecule has 4 nitrogen and oxygen atoms in total. The van der Waals surface area contributed by atoms with E-state index in [1.54, 1.807) is 7.11 Å². The molecule has 2 bridgehead atoms. The largest absolute Gasteiger partial charge is 0.496 e. The fraction of sp³-hybridized carbons (Fsp3) is 0.650. The van der Waals surface area contributed by atoms with Crippen LogP contribution in [0.2, 0.25) is 0 Å². The normalized spacial score (nSPS) is 28.0. The van der Waals surface area contributed by atoms with E-state index in [-0.39, 0.29) is 24.2 Å². The molecule has 0 heterocycles. The van der Waals surface area contributed by atoms with Crippen LogP contribution in [0.4, 0.5) is 0 Å². The van der Waals surface area contributed by atoms with Crippen molar-refractivity contribution in [3.8, 4) is 5.75 Å². The Morgan fingerprint density at radius 1 is 1.28 bits per heavy atom. The summed E-state index contributed by atoms with van der Waals surface area (Å²) in [4.78, 5) is 14.8. The maximum atomic E-state index is 12.9. The summed E-state index contributed by atoms with van der Waals surface area (Å²) in [6.07, 6.45) is 5.63. The molecule has 2 N–H and O–H groups in total. The van der Waals surface area contributed by atoms with Gasteiger partial charge in [-0.2, -0.15) is 0 Å². The van der Waals surface area contributed by atoms with Gasteiger partial charge in [-0.1, -0.05) is 18.6 Å². The van der Waals surface area contributed by atoms with Crippen molar-refractivity contribution in [3.05, 3.63) is 29.3 Å². The molecule has 2 aliphatic carbocycles. The van der Waals surface area contributed by atoms with Gasteiger partial charge in [-0.25, -0.2) is 0 Å². The lowest BCUT2D eigenvalue weighted by Crippen LogP contribution is -2.49. The molecule has 0 radical (unpaired) electrons. The number of nitrogens with two attached hydrogens (primary N) is 1. The first-order valence-corrected chi connectivity index (χ1v) is 9.13. The lowest BCUT2D eigenvalue weighted by molar-refractivity contribution is -0.137. The maximum absolute atomic E-state index is 12.9. The maximum Gasteiger partial charge on any atom is 0.225 e. The molecule has 0 aromatic heterocycles. The van der Waals surface area contributed by atoms with Crippen LogP contribution in [0.1, 0.15) is 43.2 Å². The van der Waals surface area contributed by atoms with Gasteiger partial charge >= 0.3 is 0 Å². The van der Waals surface area contributed by atoms with Gasteiger partial charge in [0.05, 0.1) is 7.11 Å². The number of methoxy groups -OCH3 is 1. The molecule has 1 aromatic carbocycles. The van der Waals surface area contributed by atoms with E-state index in [4.69, 9.17) is 10.5 Å². The van der Waals surface area contributed by atoms with Gasteiger partial charge in [0, 0.05) is 25.6 Å². The van der Waals surface area contributed by atoms with Gasteiger partial charge < -0.3 is 15.4 Å². The average Bonchev–Trinajstić information content (AvgIpc) is 2.54. The van der Waals surface area contributed by atoms with Gasteiger partial charge in [-0.05, 0) is 61.6 Å². The summed E-state index contributed by atoms with van der Waals surface area (Å²) in [7, 11) is 3.61. The van der Waals surface area contributed by atoms with Crippen LogP contribution in [0.5, 0.6) is 5.75 Å². The van der Waals surface area contributed by atoms with Crippen LogP contribution in [-0.2, 0) is 11.3 Å². The Hall–Kier alpha value is -1.26. The number of aryl methyl sites for hydroxylation is 1. The van der Waals surface area contributed by atoms with E-state index in [2.05, 4.69) is 6.07 Å². The lowest BCUT2D eigenvalue weighted by Gasteiger charge is -2.44. The highest BCUT2D eigenvalue weighted by Crippen LogP contribution is 2.42. The third-order valence-corrected chi connectivity index (χ3v) is 6.02. The molecule has 2 aliphatic rings. The van der Waals surface area contributed by atoms with Crippen molar-refractivity contribution in [1.82, 2.24) is 4.90 Å². The summed E-state index contributed by atoms with van der Waals surface area (Å²) in [5.41, 5.74) is 8.61. The smallest absolute Gasteiger partial charge is 0.225 e. The molecule has 0 spiro atoms. The second kappa shape index (κ2) is 8.41. The van der Waals surface area contributed by atoms with Crippen molar-refractivity contribution in [1.29, 1.82) is 0 Å². The quantitative estimate of drug-likeness (QED) is 0.886. The summed E-state index contributed by atoms with van der Waals surface area (Å²) >= 11 is 0. The van der Waals surface area contributed by atoms with Crippen molar-refractivity contribution in [2.45, 2.75) is 51.6 Å². The molecule has 0 aliphatic heterocycles. The summed E-state index contributed by atoms with van der Waals surface area (Å²) in [5.74, 6) is 2.42. The zero-order valence-corrected chi connectivity index (χ0v) is 16.3. The van der Waals surface area contributed by atoms with Crippen LogP contribution in [0.25, 0.3) is 0 Å². The summed E-state index contributed by atoms with van der Waals surface area (Å²) < 4.78 is 5.31. The van der Waals surface area contributed by atoms with Crippen molar-refractivity contribution in [2.75, 3.05) is 14.2 Å². The molecule has 2 atom stereocenters. The first kappa shape index (κ1) is 20.1. The molecular weight excluding hydrogens is 336 g/mol. The molecule has 2 unspecified atom stereocenters. The molecule has 5 heteroatoms. The standard InChI is InChI=1S/C20H30N2O2.ClH/c1-13-9-14(7-8-18(13)24-3)12-22(2)20(23)17-10-15-5-4-6-16(11-17)19(15)21;/h7-9,15-17,19H,4-6,10-12,21H2,1-3H3;1H. The van der Waals surface area contributed by atoms with E-state index in [1.165, 1.54) is 19.3 Å². The van der Waals surface area contributed by atoms with Gasteiger partial charge in [-0.3, -0.25) is 4.79 Å². The van der Waals surface area contributed by atoms with Crippen LogP contribution in [-0.4, -0.2) is 31.0 Å². The monoisotopic (exact) mass is 366 g/mol.